The van der Waals surface area contributed by atoms with E-state index in [0.29, 0.717) is 11.4 Å². The van der Waals surface area contributed by atoms with Gasteiger partial charge in [-0.1, -0.05) is 0 Å². The normalized spacial score (nSPS) is 10.0. The van der Waals surface area contributed by atoms with Crippen LogP contribution in [0.15, 0.2) is 24.3 Å². The van der Waals surface area contributed by atoms with Gasteiger partial charge in [-0.25, -0.2) is 0 Å². The number of carbonyl (C=O) groups is 2. The van der Waals surface area contributed by atoms with Gasteiger partial charge < -0.3 is 16.8 Å². The van der Waals surface area contributed by atoms with Crippen molar-refractivity contribution >= 4 is 23.2 Å². The number of benzene rings is 1. The number of hydrogen-bond donors (Lipinski definition) is 3. The number of amides is 2. The third-order valence-electron chi connectivity index (χ3n) is 1.88. The Morgan fingerprint density at radius 1 is 1.20 bits per heavy atom. The molecule has 15 heavy (non-hydrogen) atoms. The smallest absolute Gasteiger partial charge is 0.241 e. The number of nitrogens with one attached hydrogen (secondary N) is 1. The van der Waals surface area contributed by atoms with Crippen molar-refractivity contribution in [3.63, 3.8) is 0 Å². The summed E-state index contributed by atoms with van der Waals surface area (Å²) < 4.78 is 0. The molecule has 1 rings (SSSR count). The average Bonchev–Trinajstić information content (AvgIpc) is 2.20. The van der Waals surface area contributed by atoms with Crippen molar-refractivity contribution in [2.24, 2.45) is 5.73 Å². The molecule has 2 amide bonds. The lowest BCUT2D eigenvalue weighted by atomic mass is 10.1. The monoisotopic (exact) mass is 206 g/mol. The minimum Gasteiger partial charge on any atom is -0.399 e. The van der Waals surface area contributed by atoms with Crippen LogP contribution in [0.3, 0.4) is 0 Å². The third-order valence-corrected chi connectivity index (χ3v) is 1.88. The molecule has 0 saturated heterocycles. The number of nitrogens with two attached hydrogens (primary N) is 2. The van der Waals surface area contributed by atoms with Crippen LogP contribution in [0.25, 0.3) is 0 Å². The van der Waals surface area contributed by atoms with Crippen LogP contribution in [-0.4, -0.2) is 11.8 Å². The maximum atomic E-state index is 11.4. The summed E-state index contributed by atoms with van der Waals surface area (Å²) in [7, 11) is 0. The molecule has 0 aromatic heterocycles. The molecule has 0 unspecified atom stereocenters. The quantitative estimate of drug-likeness (QED) is 0.489. The molecule has 0 aliphatic rings. The van der Waals surface area contributed by atoms with Crippen LogP contribution >= 0.6 is 0 Å². The molecule has 0 aliphatic heterocycles. The van der Waals surface area contributed by atoms with Crippen molar-refractivity contribution in [3.8, 4) is 0 Å². The maximum absolute atomic E-state index is 11.4. The van der Waals surface area contributed by atoms with E-state index in [-0.39, 0.29) is 5.92 Å². The number of primary amides is 1. The molecule has 79 valence electrons. The average molecular weight is 206 g/mol. The fraction of sp³-hybridized carbons (Fsp3) is 0.100. The summed E-state index contributed by atoms with van der Waals surface area (Å²) in [4.78, 5) is 22.0. The van der Waals surface area contributed by atoms with Gasteiger partial charge in [-0.3, -0.25) is 9.59 Å². The third kappa shape index (κ3) is 2.98. The summed E-state index contributed by atoms with van der Waals surface area (Å²) in [6.45, 7) is 1.37. The van der Waals surface area contributed by atoms with Gasteiger partial charge in [0.25, 0.3) is 0 Å². The molecule has 5 nitrogen and oxygen atoms in total. The van der Waals surface area contributed by atoms with Crippen LogP contribution in [0.5, 0.6) is 0 Å². The molecular formula is C10H12N3O2. The van der Waals surface area contributed by atoms with E-state index in [9.17, 15) is 9.59 Å². The number of rotatable bonds is 3. The molecular weight excluding hydrogens is 194 g/mol. The highest BCUT2D eigenvalue weighted by atomic mass is 16.2. The Kier molecular flexibility index (Phi) is 3.28. The van der Waals surface area contributed by atoms with Gasteiger partial charge >= 0.3 is 0 Å². The van der Waals surface area contributed by atoms with Gasteiger partial charge in [0, 0.05) is 11.4 Å². The van der Waals surface area contributed by atoms with Gasteiger partial charge in [0.1, 0.15) is 5.92 Å². The topological polar surface area (TPSA) is 98.2 Å². The van der Waals surface area contributed by atoms with E-state index in [2.05, 4.69) is 5.32 Å². The van der Waals surface area contributed by atoms with E-state index in [1.807, 2.05) is 0 Å². The van der Waals surface area contributed by atoms with Gasteiger partial charge in [0.05, 0.1) is 0 Å². The highest BCUT2D eigenvalue weighted by Crippen LogP contribution is 2.12. The lowest BCUT2D eigenvalue weighted by molar-refractivity contribution is -0.122. The number of hydrogen-bond acceptors (Lipinski definition) is 3. The van der Waals surface area contributed by atoms with Gasteiger partial charge in [0.15, 0.2) is 0 Å². The molecule has 1 radical (unpaired) electrons. The molecule has 5 N–H and O–H groups in total. The van der Waals surface area contributed by atoms with Crippen LogP contribution in [0.2, 0.25) is 0 Å². The Hall–Kier alpha value is -2.04. The molecule has 1 aromatic carbocycles. The summed E-state index contributed by atoms with van der Waals surface area (Å²) in [6.07, 6.45) is 0. The first kappa shape index (κ1) is 11.0. The van der Waals surface area contributed by atoms with Gasteiger partial charge in [0.2, 0.25) is 11.8 Å². The van der Waals surface area contributed by atoms with E-state index < -0.39 is 11.8 Å². The van der Waals surface area contributed by atoms with Crippen LogP contribution in [0.1, 0.15) is 6.92 Å². The predicted molar refractivity (Wildman–Crippen MR) is 57.6 cm³/mol. The van der Waals surface area contributed by atoms with Crippen molar-refractivity contribution < 1.29 is 9.59 Å². The van der Waals surface area contributed by atoms with E-state index in [0.717, 1.165) is 0 Å². The highest BCUT2D eigenvalue weighted by Gasteiger charge is 2.19. The zero-order valence-corrected chi connectivity index (χ0v) is 8.28. The number of anilines is 2. The zero-order valence-electron chi connectivity index (χ0n) is 8.28. The Labute approximate surface area is 87.4 Å². The summed E-state index contributed by atoms with van der Waals surface area (Å²) in [5.41, 5.74) is 11.6. The second kappa shape index (κ2) is 4.45. The van der Waals surface area contributed by atoms with Crippen LogP contribution in [0, 0.1) is 5.92 Å². The highest BCUT2D eigenvalue weighted by molar-refractivity contribution is 6.18. The van der Waals surface area contributed by atoms with Crippen LogP contribution in [-0.2, 0) is 9.59 Å². The van der Waals surface area contributed by atoms with Gasteiger partial charge in [-0.05, 0) is 31.2 Å². The Morgan fingerprint density at radius 3 is 2.20 bits per heavy atom. The first-order valence-electron chi connectivity index (χ1n) is 4.31. The van der Waals surface area contributed by atoms with Crippen LogP contribution < -0.4 is 16.8 Å². The summed E-state index contributed by atoms with van der Waals surface area (Å²) in [6, 6.07) is 6.58. The first-order chi connectivity index (χ1) is 7.00. The van der Waals surface area contributed by atoms with Gasteiger partial charge in [-0.2, -0.15) is 0 Å². The number of nitrogen functional groups attached to an aromatic ring is 1. The zero-order chi connectivity index (χ0) is 11.4. The van der Waals surface area contributed by atoms with E-state index >= 15 is 0 Å². The molecule has 5 heteroatoms. The van der Waals surface area contributed by atoms with Crippen molar-refractivity contribution in [2.75, 3.05) is 11.1 Å². The minimum atomic E-state index is -0.733. The van der Waals surface area contributed by atoms with Crippen molar-refractivity contribution in [1.82, 2.24) is 0 Å². The van der Waals surface area contributed by atoms with E-state index in [1.165, 1.54) is 6.92 Å². The Bertz CT molecular complexity index is 373. The molecule has 0 spiro atoms. The summed E-state index contributed by atoms with van der Waals surface area (Å²) in [5.74, 6) is -1.28. The molecule has 0 saturated carbocycles. The van der Waals surface area contributed by atoms with Crippen molar-refractivity contribution in [1.29, 1.82) is 0 Å². The SMILES string of the molecule is C[C](C(N)=O)C(=O)Nc1ccc(N)cc1. The van der Waals surface area contributed by atoms with E-state index in [4.69, 9.17) is 11.5 Å². The Balaban J connectivity index is 2.66. The van der Waals surface area contributed by atoms with Gasteiger partial charge in [-0.15, -0.1) is 0 Å². The van der Waals surface area contributed by atoms with E-state index in [1.54, 1.807) is 24.3 Å². The van der Waals surface area contributed by atoms with Crippen molar-refractivity contribution in [2.45, 2.75) is 6.92 Å². The molecule has 0 fully saturated rings. The molecule has 0 atom stereocenters. The maximum Gasteiger partial charge on any atom is 0.241 e. The Morgan fingerprint density at radius 2 is 1.73 bits per heavy atom. The first-order valence-corrected chi connectivity index (χ1v) is 4.31. The lowest BCUT2D eigenvalue weighted by Crippen LogP contribution is -2.30. The molecule has 0 aliphatic carbocycles. The minimum absolute atomic E-state index is 0.0353. The molecule has 1 aromatic rings. The predicted octanol–water partition coefficient (Wildman–Crippen LogP) is 0.287. The lowest BCUT2D eigenvalue weighted by Gasteiger charge is -2.08. The number of carbonyl (C=O) groups excluding carboxylic acids is 2. The summed E-state index contributed by atoms with van der Waals surface area (Å²) >= 11 is 0. The fourth-order valence-electron chi connectivity index (χ4n) is 0.903. The fourth-order valence-corrected chi connectivity index (χ4v) is 0.903. The molecule has 0 bridgehead atoms. The van der Waals surface area contributed by atoms with Crippen molar-refractivity contribution in [3.05, 3.63) is 30.2 Å². The van der Waals surface area contributed by atoms with Crippen LogP contribution in [0.4, 0.5) is 11.4 Å². The second-order valence-electron chi connectivity index (χ2n) is 3.07. The second-order valence-corrected chi connectivity index (χ2v) is 3.07. The standard InChI is InChI=1S/C10H12N3O2/c1-6(9(12)14)10(15)13-8-4-2-7(11)3-5-8/h2-5H,11H2,1H3,(H2,12,14)(H,13,15). The largest absolute Gasteiger partial charge is 0.399 e. The summed E-state index contributed by atoms with van der Waals surface area (Å²) in [5, 5.41) is 2.52. The molecule has 0 heterocycles.